The molecular weight excluding hydrogens is 326 g/mol. The van der Waals surface area contributed by atoms with Gasteiger partial charge < -0.3 is 9.80 Å². The molecule has 23 heavy (non-hydrogen) atoms. The van der Waals surface area contributed by atoms with Crippen molar-refractivity contribution in [2.24, 2.45) is 0 Å². The Bertz CT molecular complexity index is 661. The van der Waals surface area contributed by atoms with E-state index in [4.69, 9.17) is 0 Å². The van der Waals surface area contributed by atoms with E-state index in [1.807, 2.05) is 36.1 Å². The second kappa shape index (κ2) is 7.47. The lowest BCUT2D eigenvalue weighted by molar-refractivity contribution is 0.0664. The number of benzene rings is 1. The predicted octanol–water partition coefficient (Wildman–Crippen LogP) is 3.13. The molecule has 2 heterocycles. The second-order valence-electron chi connectivity index (χ2n) is 5.77. The molecule has 1 aliphatic heterocycles. The van der Waals surface area contributed by atoms with Gasteiger partial charge in [-0.05, 0) is 38.2 Å². The number of piperazine rings is 1. The van der Waals surface area contributed by atoms with E-state index in [0.717, 1.165) is 48.2 Å². The van der Waals surface area contributed by atoms with E-state index >= 15 is 0 Å². The Morgan fingerprint density at radius 3 is 2.52 bits per heavy atom. The van der Waals surface area contributed by atoms with Gasteiger partial charge >= 0.3 is 0 Å². The Labute approximate surface area is 145 Å². The van der Waals surface area contributed by atoms with Crippen LogP contribution in [0, 0.1) is 6.92 Å². The van der Waals surface area contributed by atoms with Crippen LogP contribution >= 0.6 is 23.1 Å². The monoisotopic (exact) mass is 347 g/mol. The maximum atomic E-state index is 12.5. The first-order valence-corrected chi connectivity index (χ1v) is 9.60. The third-order valence-electron chi connectivity index (χ3n) is 3.95. The fraction of sp³-hybridized carbons (Fsp3) is 0.412. The first-order chi connectivity index (χ1) is 11.1. The number of carbonyl (C=O) groups is 1. The largest absolute Gasteiger partial charge is 0.336 e. The predicted molar refractivity (Wildman–Crippen MR) is 96.3 cm³/mol. The summed E-state index contributed by atoms with van der Waals surface area (Å²) in [6.07, 6.45) is 0. The van der Waals surface area contributed by atoms with Gasteiger partial charge in [-0.3, -0.25) is 4.79 Å². The Hall–Kier alpha value is -1.37. The second-order valence-corrected chi connectivity index (χ2v) is 7.88. The third kappa shape index (κ3) is 4.34. The summed E-state index contributed by atoms with van der Waals surface area (Å²) in [5.41, 5.74) is 1.90. The normalized spacial score (nSPS) is 15.8. The Morgan fingerprint density at radius 2 is 1.91 bits per heavy atom. The van der Waals surface area contributed by atoms with E-state index in [0.29, 0.717) is 0 Å². The zero-order chi connectivity index (χ0) is 16.2. The molecule has 0 bridgehead atoms. The highest BCUT2D eigenvalue weighted by Crippen LogP contribution is 2.24. The van der Waals surface area contributed by atoms with Crippen molar-refractivity contribution in [2.75, 3.05) is 33.2 Å². The Kier molecular flexibility index (Phi) is 5.35. The van der Waals surface area contributed by atoms with Crippen LogP contribution in [0.5, 0.6) is 0 Å². The summed E-state index contributed by atoms with van der Waals surface area (Å²) in [4.78, 5) is 22.3. The Morgan fingerprint density at radius 1 is 1.22 bits per heavy atom. The van der Waals surface area contributed by atoms with Crippen molar-refractivity contribution in [1.82, 2.24) is 14.8 Å². The molecule has 1 aromatic heterocycles. The van der Waals surface area contributed by atoms with Crippen LogP contribution in [-0.4, -0.2) is 53.9 Å². The topological polar surface area (TPSA) is 36.4 Å². The van der Waals surface area contributed by atoms with E-state index in [2.05, 4.69) is 22.3 Å². The highest BCUT2D eigenvalue weighted by atomic mass is 32.2. The smallest absolute Gasteiger partial charge is 0.253 e. The molecule has 6 heteroatoms. The van der Waals surface area contributed by atoms with E-state index < -0.39 is 0 Å². The van der Waals surface area contributed by atoms with Crippen molar-refractivity contribution < 1.29 is 4.79 Å². The highest BCUT2D eigenvalue weighted by molar-refractivity contribution is 7.98. The summed E-state index contributed by atoms with van der Waals surface area (Å²) in [6, 6.07) is 7.95. The van der Waals surface area contributed by atoms with E-state index in [1.165, 1.54) is 4.90 Å². The number of amides is 1. The van der Waals surface area contributed by atoms with Crippen LogP contribution in [0.1, 0.15) is 21.1 Å². The van der Waals surface area contributed by atoms with Crippen molar-refractivity contribution in [3.63, 3.8) is 0 Å². The number of aromatic nitrogens is 1. The molecule has 0 atom stereocenters. The fourth-order valence-electron chi connectivity index (χ4n) is 2.52. The Balaban J connectivity index is 1.57. The fourth-order valence-corrected chi connectivity index (χ4v) is 4.03. The number of likely N-dealkylation sites (N-methyl/N-ethyl adjacent to an activating group) is 1. The molecular formula is C17H21N3OS2. The number of aryl methyl sites for hydroxylation is 1. The maximum Gasteiger partial charge on any atom is 0.253 e. The zero-order valence-electron chi connectivity index (χ0n) is 13.5. The summed E-state index contributed by atoms with van der Waals surface area (Å²) >= 11 is 3.44. The van der Waals surface area contributed by atoms with Crippen LogP contribution < -0.4 is 0 Å². The molecule has 1 aromatic carbocycles. The number of carbonyl (C=O) groups excluding carboxylic acids is 1. The molecule has 0 saturated carbocycles. The molecule has 4 nitrogen and oxygen atoms in total. The van der Waals surface area contributed by atoms with Crippen molar-refractivity contribution in [2.45, 2.75) is 17.6 Å². The highest BCUT2D eigenvalue weighted by Gasteiger charge is 2.20. The number of hydrogen-bond donors (Lipinski definition) is 0. The minimum atomic E-state index is 0.143. The number of nitrogens with zero attached hydrogens (tertiary/aromatic N) is 3. The summed E-state index contributed by atoms with van der Waals surface area (Å²) in [5.74, 6) is 1.01. The minimum absolute atomic E-state index is 0.143. The summed E-state index contributed by atoms with van der Waals surface area (Å²) in [7, 11) is 2.09. The molecule has 2 aromatic rings. The van der Waals surface area contributed by atoms with Gasteiger partial charge in [0.1, 0.15) is 0 Å². The van der Waals surface area contributed by atoms with Crippen LogP contribution in [0.4, 0.5) is 0 Å². The number of rotatable bonds is 4. The molecule has 1 aliphatic rings. The lowest BCUT2D eigenvalue weighted by Crippen LogP contribution is -2.47. The zero-order valence-corrected chi connectivity index (χ0v) is 15.1. The molecule has 3 rings (SSSR count). The van der Waals surface area contributed by atoms with Gasteiger partial charge in [0.25, 0.3) is 5.91 Å². The number of thioether (sulfide) groups is 1. The molecule has 0 radical (unpaired) electrons. The molecule has 122 valence electrons. The quantitative estimate of drug-likeness (QED) is 0.796. The molecule has 0 N–H and O–H groups in total. The van der Waals surface area contributed by atoms with Gasteiger partial charge in [0.05, 0.1) is 10.7 Å². The van der Waals surface area contributed by atoms with Gasteiger partial charge in [-0.15, -0.1) is 23.1 Å². The van der Waals surface area contributed by atoms with Crippen LogP contribution in [0.2, 0.25) is 0 Å². The summed E-state index contributed by atoms with van der Waals surface area (Å²) in [6.45, 7) is 5.56. The standard InChI is InChI=1S/C17H21N3OS2/c1-13-18-15(11-22-13)12-23-16-5-3-14(4-6-16)17(21)20-9-7-19(2)8-10-20/h3-6,11H,7-10,12H2,1-2H3. The molecule has 1 amide bonds. The summed E-state index contributed by atoms with van der Waals surface area (Å²) < 4.78 is 0. The SMILES string of the molecule is Cc1nc(CSc2ccc(C(=O)N3CCN(C)CC3)cc2)cs1. The van der Waals surface area contributed by atoms with Gasteiger partial charge in [-0.25, -0.2) is 4.98 Å². The van der Waals surface area contributed by atoms with Crippen LogP contribution in [-0.2, 0) is 5.75 Å². The van der Waals surface area contributed by atoms with Crippen molar-refractivity contribution >= 4 is 29.0 Å². The lowest BCUT2D eigenvalue weighted by Gasteiger charge is -2.32. The van der Waals surface area contributed by atoms with E-state index in [-0.39, 0.29) is 5.91 Å². The lowest BCUT2D eigenvalue weighted by atomic mass is 10.2. The van der Waals surface area contributed by atoms with Gasteiger partial charge in [0, 0.05) is 47.8 Å². The third-order valence-corrected chi connectivity index (χ3v) is 5.81. The average Bonchev–Trinajstić information content (AvgIpc) is 2.99. The van der Waals surface area contributed by atoms with Gasteiger partial charge in [0.2, 0.25) is 0 Å². The van der Waals surface area contributed by atoms with Crippen LogP contribution in [0.15, 0.2) is 34.5 Å². The first-order valence-electron chi connectivity index (χ1n) is 7.73. The van der Waals surface area contributed by atoms with Crippen molar-refractivity contribution in [1.29, 1.82) is 0 Å². The molecule has 0 aliphatic carbocycles. The molecule has 1 saturated heterocycles. The van der Waals surface area contributed by atoms with Crippen molar-refractivity contribution in [3.8, 4) is 0 Å². The minimum Gasteiger partial charge on any atom is -0.336 e. The van der Waals surface area contributed by atoms with Gasteiger partial charge in [-0.1, -0.05) is 0 Å². The van der Waals surface area contributed by atoms with E-state index in [9.17, 15) is 4.79 Å². The average molecular weight is 348 g/mol. The number of thiazole rings is 1. The number of hydrogen-bond acceptors (Lipinski definition) is 5. The van der Waals surface area contributed by atoms with Gasteiger partial charge in [-0.2, -0.15) is 0 Å². The summed E-state index contributed by atoms with van der Waals surface area (Å²) in [5, 5.41) is 3.21. The molecule has 1 fully saturated rings. The maximum absolute atomic E-state index is 12.5. The molecule has 0 unspecified atom stereocenters. The van der Waals surface area contributed by atoms with Crippen LogP contribution in [0.25, 0.3) is 0 Å². The first kappa shape index (κ1) is 16.5. The van der Waals surface area contributed by atoms with E-state index in [1.54, 1.807) is 23.1 Å². The van der Waals surface area contributed by atoms with Gasteiger partial charge in [0.15, 0.2) is 0 Å². The molecule has 0 spiro atoms. The van der Waals surface area contributed by atoms with Crippen molar-refractivity contribution in [3.05, 3.63) is 45.9 Å². The van der Waals surface area contributed by atoms with Crippen LogP contribution in [0.3, 0.4) is 0 Å².